The molecule has 0 saturated heterocycles. The van der Waals surface area contributed by atoms with E-state index in [-0.39, 0.29) is 18.3 Å². The molecule has 1 heterocycles. The van der Waals surface area contributed by atoms with E-state index in [1.54, 1.807) is 6.92 Å². The van der Waals surface area contributed by atoms with Crippen LogP contribution in [-0.4, -0.2) is 25.1 Å². The Morgan fingerprint density at radius 1 is 1.18 bits per heavy atom. The third-order valence-corrected chi connectivity index (χ3v) is 6.01. The second-order valence-electron chi connectivity index (χ2n) is 7.08. The average molecular weight is 402 g/mol. The molecule has 0 spiro atoms. The number of rotatable bonds is 7. The van der Waals surface area contributed by atoms with E-state index in [0.717, 1.165) is 36.1 Å². The van der Waals surface area contributed by atoms with Gasteiger partial charge in [-0.2, -0.15) is 0 Å². The Morgan fingerprint density at radius 3 is 2.61 bits per heavy atom. The fourth-order valence-electron chi connectivity index (χ4n) is 3.48. The molecule has 1 atom stereocenters. The van der Waals surface area contributed by atoms with Crippen LogP contribution in [0.1, 0.15) is 53.6 Å². The normalized spacial score (nSPS) is 15.6. The van der Waals surface area contributed by atoms with Gasteiger partial charge >= 0.3 is 5.97 Å². The van der Waals surface area contributed by atoms with E-state index in [4.69, 9.17) is 9.47 Å². The second-order valence-corrected chi connectivity index (χ2v) is 8.18. The quantitative estimate of drug-likeness (QED) is 0.687. The number of ether oxygens (including phenoxy) is 2. The van der Waals surface area contributed by atoms with Crippen molar-refractivity contribution in [2.24, 2.45) is 5.92 Å². The van der Waals surface area contributed by atoms with Crippen molar-refractivity contribution in [1.82, 2.24) is 0 Å². The topological polar surface area (TPSA) is 64.6 Å². The number of amides is 1. The largest absolute Gasteiger partial charge is 0.494 e. The SMILES string of the molecule is CCOC(=O)c1c(NC(=O)Cc2ccc(OCC)cc2)sc2c1CCC(C)C2. The van der Waals surface area contributed by atoms with Crippen LogP contribution in [0.5, 0.6) is 5.75 Å². The fraction of sp³-hybridized carbons (Fsp3) is 0.455. The van der Waals surface area contributed by atoms with Gasteiger partial charge in [0, 0.05) is 4.88 Å². The number of thiophene rings is 1. The maximum absolute atomic E-state index is 12.6. The second kappa shape index (κ2) is 9.24. The van der Waals surface area contributed by atoms with Crippen LogP contribution in [0.4, 0.5) is 5.00 Å². The number of esters is 1. The molecular weight excluding hydrogens is 374 g/mol. The van der Waals surface area contributed by atoms with E-state index >= 15 is 0 Å². The summed E-state index contributed by atoms with van der Waals surface area (Å²) in [5.41, 5.74) is 2.50. The summed E-state index contributed by atoms with van der Waals surface area (Å²) in [6, 6.07) is 7.50. The summed E-state index contributed by atoms with van der Waals surface area (Å²) in [7, 11) is 0. The molecule has 6 heteroatoms. The molecule has 1 aliphatic carbocycles. The predicted molar refractivity (Wildman–Crippen MR) is 111 cm³/mol. The number of nitrogens with one attached hydrogen (secondary N) is 1. The van der Waals surface area contributed by atoms with Crippen LogP contribution >= 0.6 is 11.3 Å². The number of benzene rings is 1. The van der Waals surface area contributed by atoms with Gasteiger partial charge in [0.25, 0.3) is 0 Å². The lowest BCUT2D eigenvalue weighted by Crippen LogP contribution is -2.17. The van der Waals surface area contributed by atoms with Crippen molar-refractivity contribution in [2.75, 3.05) is 18.5 Å². The Morgan fingerprint density at radius 2 is 1.93 bits per heavy atom. The highest BCUT2D eigenvalue weighted by Crippen LogP contribution is 2.40. The van der Waals surface area contributed by atoms with E-state index in [2.05, 4.69) is 12.2 Å². The molecule has 28 heavy (non-hydrogen) atoms. The van der Waals surface area contributed by atoms with Gasteiger partial charge in [0.2, 0.25) is 5.91 Å². The Bertz CT molecular complexity index is 841. The highest BCUT2D eigenvalue weighted by Gasteiger charge is 2.29. The van der Waals surface area contributed by atoms with Crippen molar-refractivity contribution < 1.29 is 19.1 Å². The summed E-state index contributed by atoms with van der Waals surface area (Å²) in [6.45, 7) is 6.88. The van der Waals surface area contributed by atoms with E-state index in [1.807, 2.05) is 31.2 Å². The lowest BCUT2D eigenvalue weighted by molar-refractivity contribution is -0.115. The zero-order valence-corrected chi connectivity index (χ0v) is 17.5. The minimum atomic E-state index is -0.342. The van der Waals surface area contributed by atoms with Crippen molar-refractivity contribution in [3.63, 3.8) is 0 Å². The van der Waals surface area contributed by atoms with Crippen LogP contribution in [-0.2, 0) is 28.8 Å². The third-order valence-electron chi connectivity index (χ3n) is 4.84. The lowest BCUT2D eigenvalue weighted by Gasteiger charge is -2.18. The Labute approximate surface area is 170 Å². The highest BCUT2D eigenvalue weighted by atomic mass is 32.1. The summed E-state index contributed by atoms with van der Waals surface area (Å²) in [5.74, 6) is 0.900. The van der Waals surface area contributed by atoms with E-state index in [9.17, 15) is 9.59 Å². The summed E-state index contributed by atoms with van der Waals surface area (Å²) >= 11 is 1.52. The van der Waals surface area contributed by atoms with Crippen LogP contribution in [0.25, 0.3) is 0 Å². The maximum atomic E-state index is 12.6. The summed E-state index contributed by atoms with van der Waals surface area (Å²) in [6.07, 6.45) is 3.10. The summed E-state index contributed by atoms with van der Waals surface area (Å²) in [5, 5.41) is 3.58. The van der Waals surface area contributed by atoms with Crippen LogP contribution in [0.3, 0.4) is 0 Å². The molecule has 1 amide bonds. The van der Waals surface area contributed by atoms with Crippen LogP contribution in [0.15, 0.2) is 24.3 Å². The van der Waals surface area contributed by atoms with Gasteiger partial charge in [-0.15, -0.1) is 11.3 Å². The number of carbonyl (C=O) groups excluding carboxylic acids is 2. The van der Waals surface area contributed by atoms with Crippen LogP contribution < -0.4 is 10.1 Å². The van der Waals surface area contributed by atoms with Crippen molar-refractivity contribution in [3.05, 3.63) is 45.8 Å². The highest BCUT2D eigenvalue weighted by molar-refractivity contribution is 7.17. The van der Waals surface area contributed by atoms with Crippen molar-refractivity contribution >= 4 is 28.2 Å². The van der Waals surface area contributed by atoms with Crippen LogP contribution in [0.2, 0.25) is 0 Å². The van der Waals surface area contributed by atoms with Gasteiger partial charge in [0.05, 0.1) is 25.2 Å². The van der Waals surface area contributed by atoms with Crippen LogP contribution in [0, 0.1) is 5.92 Å². The molecule has 1 aliphatic rings. The number of anilines is 1. The van der Waals surface area contributed by atoms with Gasteiger partial charge in [-0.3, -0.25) is 4.79 Å². The third kappa shape index (κ3) is 4.73. The zero-order chi connectivity index (χ0) is 20.1. The first kappa shape index (κ1) is 20.4. The van der Waals surface area contributed by atoms with E-state index in [1.165, 1.54) is 16.2 Å². The van der Waals surface area contributed by atoms with Crippen molar-refractivity contribution in [1.29, 1.82) is 0 Å². The Hall–Kier alpha value is -2.34. The fourth-order valence-corrected chi connectivity index (χ4v) is 4.90. The summed E-state index contributed by atoms with van der Waals surface area (Å²) < 4.78 is 10.7. The molecule has 0 radical (unpaired) electrons. The van der Waals surface area contributed by atoms with Gasteiger partial charge in [-0.25, -0.2) is 4.79 Å². The van der Waals surface area contributed by atoms with Gasteiger partial charge in [-0.1, -0.05) is 19.1 Å². The predicted octanol–water partition coefficient (Wildman–Crippen LogP) is 4.63. The van der Waals surface area contributed by atoms with Gasteiger partial charge in [0.15, 0.2) is 0 Å². The Balaban J connectivity index is 1.77. The summed E-state index contributed by atoms with van der Waals surface area (Å²) in [4.78, 5) is 26.3. The molecule has 2 aromatic rings. The molecule has 150 valence electrons. The van der Waals surface area contributed by atoms with Gasteiger partial charge < -0.3 is 14.8 Å². The number of hydrogen-bond donors (Lipinski definition) is 1. The van der Waals surface area contributed by atoms with Crippen molar-refractivity contribution in [3.8, 4) is 5.75 Å². The number of carbonyl (C=O) groups is 2. The molecule has 0 bridgehead atoms. The zero-order valence-electron chi connectivity index (χ0n) is 16.7. The molecule has 0 fully saturated rings. The number of fused-ring (bicyclic) bond motifs is 1. The first-order chi connectivity index (χ1) is 13.5. The first-order valence-corrected chi connectivity index (χ1v) is 10.7. The molecule has 1 aromatic carbocycles. The molecular formula is C22H27NO4S. The molecule has 1 N–H and O–H groups in total. The molecule has 3 rings (SSSR count). The first-order valence-electron chi connectivity index (χ1n) is 9.85. The monoisotopic (exact) mass is 401 g/mol. The van der Waals surface area contributed by atoms with Gasteiger partial charge in [-0.05, 0) is 62.3 Å². The lowest BCUT2D eigenvalue weighted by atomic mass is 9.88. The number of hydrogen-bond acceptors (Lipinski definition) is 5. The molecule has 1 aromatic heterocycles. The smallest absolute Gasteiger partial charge is 0.341 e. The molecule has 0 aliphatic heterocycles. The maximum Gasteiger partial charge on any atom is 0.341 e. The Kier molecular flexibility index (Phi) is 6.73. The van der Waals surface area contributed by atoms with E-state index in [0.29, 0.717) is 29.7 Å². The standard InChI is InChI=1S/C22H27NO4S/c1-4-26-16-9-7-15(8-10-16)13-19(24)23-21-20(22(25)27-5-2)17-11-6-14(3)12-18(17)28-21/h7-10,14H,4-6,11-13H2,1-3H3,(H,23,24). The minimum Gasteiger partial charge on any atom is -0.494 e. The van der Waals surface area contributed by atoms with Crippen molar-refractivity contribution in [2.45, 2.75) is 46.5 Å². The molecule has 5 nitrogen and oxygen atoms in total. The average Bonchev–Trinajstić information content (AvgIpc) is 3.00. The van der Waals surface area contributed by atoms with Gasteiger partial charge in [0.1, 0.15) is 10.8 Å². The minimum absolute atomic E-state index is 0.138. The van der Waals surface area contributed by atoms with E-state index < -0.39 is 0 Å². The molecule has 1 unspecified atom stereocenters. The molecule has 0 saturated carbocycles.